The zero-order chi connectivity index (χ0) is 19.3. The summed E-state index contributed by atoms with van der Waals surface area (Å²) in [5, 5.41) is 11.0. The van der Waals surface area contributed by atoms with Crippen LogP contribution in [0.5, 0.6) is 0 Å². The molecule has 0 aromatic heterocycles. The number of anilines is 1. The predicted octanol–water partition coefficient (Wildman–Crippen LogP) is 5.64. The Hall–Kier alpha value is -0.870. The first kappa shape index (κ1) is 20.9. The highest BCUT2D eigenvalue weighted by molar-refractivity contribution is 7.54. The molecule has 2 aliphatic carbocycles. The summed E-state index contributed by atoms with van der Waals surface area (Å²) in [6, 6.07) is 7.48. The van der Waals surface area contributed by atoms with Crippen molar-refractivity contribution in [2.24, 2.45) is 0 Å². The Morgan fingerprint density at radius 1 is 0.889 bits per heavy atom. The van der Waals surface area contributed by atoms with Crippen LogP contribution < -0.4 is 4.90 Å². The molecular weight excluding hydrogens is 361 g/mol. The number of aliphatic hydroxyl groups is 1. The van der Waals surface area contributed by atoms with E-state index in [1.165, 1.54) is 12.8 Å². The summed E-state index contributed by atoms with van der Waals surface area (Å²) in [5.41, 5.74) is 1.62. The van der Waals surface area contributed by atoms with Crippen LogP contribution in [0, 0.1) is 0 Å². The van der Waals surface area contributed by atoms with Crippen molar-refractivity contribution in [2.45, 2.75) is 82.3 Å². The Balaban J connectivity index is 1.78. The van der Waals surface area contributed by atoms with Gasteiger partial charge in [-0.1, -0.05) is 50.7 Å². The van der Waals surface area contributed by atoms with Crippen molar-refractivity contribution in [3.63, 3.8) is 0 Å². The molecule has 1 aromatic carbocycles. The highest BCUT2D eigenvalue weighted by atomic mass is 31.2. The molecule has 1 aromatic rings. The molecule has 1 atom stereocenters. The fourth-order valence-electron chi connectivity index (χ4n) is 4.02. The molecule has 0 radical (unpaired) electrons. The molecule has 152 valence electrons. The highest BCUT2D eigenvalue weighted by Gasteiger charge is 2.41. The van der Waals surface area contributed by atoms with Crippen LogP contribution in [-0.2, 0) is 13.6 Å². The van der Waals surface area contributed by atoms with Crippen LogP contribution in [0.4, 0.5) is 5.69 Å². The molecule has 0 heterocycles. The third-order valence-electron chi connectivity index (χ3n) is 5.70. The number of hydrogen-bond acceptors (Lipinski definition) is 5. The van der Waals surface area contributed by atoms with Crippen LogP contribution >= 0.6 is 7.60 Å². The summed E-state index contributed by atoms with van der Waals surface area (Å²) in [6.07, 6.45) is 10.1. The first-order chi connectivity index (χ1) is 13.0. The van der Waals surface area contributed by atoms with Crippen molar-refractivity contribution < 1.29 is 18.7 Å². The van der Waals surface area contributed by atoms with Crippen LogP contribution in [0.1, 0.15) is 75.6 Å². The third-order valence-corrected chi connectivity index (χ3v) is 7.78. The molecule has 0 bridgehead atoms. The zero-order valence-electron chi connectivity index (χ0n) is 16.7. The minimum absolute atomic E-state index is 0.0797. The van der Waals surface area contributed by atoms with Gasteiger partial charge in [0.25, 0.3) is 0 Å². The van der Waals surface area contributed by atoms with Gasteiger partial charge < -0.3 is 19.1 Å². The lowest BCUT2D eigenvalue weighted by Crippen LogP contribution is -2.22. The summed E-state index contributed by atoms with van der Waals surface area (Å²) in [5.74, 6) is -1.24. The molecule has 3 rings (SSSR count). The third kappa shape index (κ3) is 5.57. The zero-order valence-corrected chi connectivity index (χ0v) is 17.6. The Bertz CT molecular complexity index is 598. The van der Waals surface area contributed by atoms with E-state index < -0.39 is 13.4 Å². The van der Waals surface area contributed by atoms with Crippen LogP contribution in [0.25, 0.3) is 0 Å². The van der Waals surface area contributed by atoms with Crippen molar-refractivity contribution in [1.82, 2.24) is 0 Å². The lowest BCUT2D eigenvalue weighted by molar-refractivity contribution is 0.0545. The molecular formula is C21H34NO4P. The number of nitrogens with zero attached hydrogens (tertiary/aromatic N) is 1. The van der Waals surface area contributed by atoms with Crippen molar-refractivity contribution >= 4 is 13.3 Å². The van der Waals surface area contributed by atoms with E-state index in [-0.39, 0.29) is 12.2 Å². The number of benzene rings is 1. The fraction of sp³-hybridized carbons (Fsp3) is 0.714. The SMILES string of the molecule is CN(C)c1ccc([C@H](O)P(=O)(OC2CCCCC2)OC2CCCCC2)cc1. The minimum atomic E-state index is -3.67. The Morgan fingerprint density at radius 3 is 1.74 bits per heavy atom. The normalized spacial score (nSPS) is 21.1. The monoisotopic (exact) mass is 395 g/mol. The first-order valence-electron chi connectivity index (χ1n) is 10.4. The Kier molecular flexibility index (Phi) is 7.38. The minimum Gasteiger partial charge on any atom is -0.378 e. The molecule has 27 heavy (non-hydrogen) atoms. The van der Waals surface area contributed by atoms with Crippen LogP contribution in [0.3, 0.4) is 0 Å². The summed E-state index contributed by atoms with van der Waals surface area (Å²) in [7, 11) is 0.268. The van der Waals surface area contributed by atoms with Gasteiger partial charge in [-0.05, 0) is 43.4 Å². The largest absolute Gasteiger partial charge is 0.378 e. The Labute approximate surface area is 163 Å². The van der Waals surface area contributed by atoms with Gasteiger partial charge in [0.15, 0.2) is 5.85 Å². The average molecular weight is 395 g/mol. The van der Waals surface area contributed by atoms with Gasteiger partial charge >= 0.3 is 7.60 Å². The van der Waals surface area contributed by atoms with Gasteiger partial charge in [0, 0.05) is 19.8 Å². The van der Waals surface area contributed by atoms with Gasteiger partial charge in [0.05, 0.1) is 12.2 Å². The molecule has 0 aliphatic heterocycles. The van der Waals surface area contributed by atoms with Crippen molar-refractivity contribution in [3.05, 3.63) is 29.8 Å². The van der Waals surface area contributed by atoms with E-state index in [2.05, 4.69) is 0 Å². The van der Waals surface area contributed by atoms with E-state index in [9.17, 15) is 9.67 Å². The van der Waals surface area contributed by atoms with Gasteiger partial charge in [0.2, 0.25) is 0 Å². The van der Waals surface area contributed by atoms with Crippen LogP contribution in [0.2, 0.25) is 0 Å². The quantitative estimate of drug-likeness (QED) is 0.606. The fourth-order valence-corrected chi connectivity index (χ4v) is 6.09. The maximum atomic E-state index is 13.8. The van der Waals surface area contributed by atoms with Crippen LogP contribution in [0.15, 0.2) is 24.3 Å². The smallest absolute Gasteiger partial charge is 0.363 e. The maximum Gasteiger partial charge on any atom is 0.363 e. The molecule has 0 amide bonds. The van der Waals surface area contributed by atoms with E-state index in [0.717, 1.165) is 57.1 Å². The lowest BCUT2D eigenvalue weighted by Gasteiger charge is -2.33. The van der Waals surface area contributed by atoms with Gasteiger partial charge in [-0.3, -0.25) is 4.57 Å². The summed E-state index contributed by atoms with van der Waals surface area (Å²) in [6.45, 7) is 0. The Morgan fingerprint density at radius 2 is 1.33 bits per heavy atom. The molecule has 6 heteroatoms. The topological polar surface area (TPSA) is 59.0 Å². The van der Waals surface area contributed by atoms with Crippen LogP contribution in [-0.4, -0.2) is 31.4 Å². The molecule has 2 fully saturated rings. The molecule has 2 saturated carbocycles. The van der Waals surface area contributed by atoms with Crippen molar-refractivity contribution in [1.29, 1.82) is 0 Å². The van der Waals surface area contributed by atoms with Gasteiger partial charge in [0.1, 0.15) is 0 Å². The number of aliphatic hydroxyl groups excluding tert-OH is 1. The maximum absolute atomic E-state index is 13.8. The second-order valence-electron chi connectivity index (χ2n) is 8.13. The standard InChI is InChI=1S/C21H34NO4P/c1-22(2)18-15-13-17(14-16-18)21(23)27(24,25-19-9-5-3-6-10-19)26-20-11-7-4-8-12-20/h13-16,19-21,23H,3-12H2,1-2H3/t21-/m1/s1. The van der Waals surface area contributed by atoms with E-state index >= 15 is 0 Å². The van der Waals surface area contributed by atoms with Gasteiger partial charge in [-0.25, -0.2) is 0 Å². The first-order valence-corrected chi connectivity index (χ1v) is 12.0. The van der Waals surface area contributed by atoms with Gasteiger partial charge in [-0.15, -0.1) is 0 Å². The molecule has 0 unspecified atom stereocenters. The van der Waals surface area contributed by atoms with E-state index in [0.29, 0.717) is 5.56 Å². The highest BCUT2D eigenvalue weighted by Crippen LogP contribution is 2.62. The lowest BCUT2D eigenvalue weighted by atomic mass is 9.98. The van der Waals surface area contributed by atoms with Gasteiger partial charge in [-0.2, -0.15) is 0 Å². The second kappa shape index (κ2) is 9.56. The molecule has 0 saturated heterocycles. The van der Waals surface area contributed by atoms with E-state index in [4.69, 9.17) is 9.05 Å². The van der Waals surface area contributed by atoms with E-state index in [1.807, 2.05) is 43.3 Å². The molecule has 0 spiro atoms. The van der Waals surface area contributed by atoms with E-state index in [1.54, 1.807) is 0 Å². The molecule has 2 aliphatic rings. The van der Waals surface area contributed by atoms with Crippen molar-refractivity contribution in [3.8, 4) is 0 Å². The van der Waals surface area contributed by atoms with Crippen molar-refractivity contribution in [2.75, 3.05) is 19.0 Å². The summed E-state index contributed by atoms with van der Waals surface area (Å²) in [4.78, 5) is 1.99. The number of hydrogen-bond donors (Lipinski definition) is 1. The number of rotatable bonds is 7. The predicted molar refractivity (Wildman–Crippen MR) is 109 cm³/mol. The summed E-state index contributed by atoms with van der Waals surface area (Å²) < 4.78 is 25.9. The molecule has 5 nitrogen and oxygen atoms in total. The molecule has 1 N–H and O–H groups in total. The second-order valence-corrected chi connectivity index (χ2v) is 10.1. The summed E-state index contributed by atoms with van der Waals surface area (Å²) >= 11 is 0. The average Bonchev–Trinajstić information content (AvgIpc) is 2.69.